The third-order valence-corrected chi connectivity index (χ3v) is 10.8. The number of aliphatic hydroxyl groups is 3. The lowest BCUT2D eigenvalue weighted by Crippen LogP contribution is -2.63. The lowest BCUT2D eigenvalue weighted by molar-refractivity contribution is -0.229. The van der Waals surface area contributed by atoms with Crippen molar-refractivity contribution in [1.29, 1.82) is 0 Å². The number of aliphatic hydroxyl groups excluding tert-OH is 3. The highest BCUT2D eigenvalue weighted by atomic mass is 16.5. The van der Waals surface area contributed by atoms with Crippen molar-refractivity contribution in [3.05, 3.63) is 0 Å². The van der Waals surface area contributed by atoms with Gasteiger partial charge in [0.1, 0.15) is 0 Å². The molecule has 4 fully saturated rings. The summed E-state index contributed by atoms with van der Waals surface area (Å²) in [6, 6.07) is 0. The van der Waals surface area contributed by atoms with Gasteiger partial charge in [0.15, 0.2) is 0 Å². The molecule has 4 aliphatic rings. The van der Waals surface area contributed by atoms with Crippen LogP contribution in [-0.4, -0.2) is 73.3 Å². The van der Waals surface area contributed by atoms with E-state index in [0.29, 0.717) is 55.3 Å². The molecule has 4 rings (SSSR count). The van der Waals surface area contributed by atoms with E-state index in [0.717, 1.165) is 32.1 Å². The highest BCUT2D eigenvalue weighted by Gasteiger charge is 2.66. The van der Waals surface area contributed by atoms with E-state index in [1.807, 2.05) is 0 Å². The topological polar surface area (TPSA) is 88.4 Å². The van der Waals surface area contributed by atoms with Gasteiger partial charge in [0.05, 0.1) is 58.0 Å². The average Bonchev–Trinajstić information content (AvgIpc) is 3.18. The first-order valence-corrected chi connectivity index (χ1v) is 14.0. The summed E-state index contributed by atoms with van der Waals surface area (Å²) >= 11 is 0. The molecule has 0 heterocycles. The second-order valence-corrected chi connectivity index (χ2v) is 12.5. The van der Waals surface area contributed by atoms with Gasteiger partial charge in [-0.25, -0.2) is 0 Å². The SMILES string of the molecule is CC(C)[C@H]1CC[C@H]2C3[C@H](OCCO)CC4CC(OCCO)CC[C@]4(C)[C@H]3C[C@H](OCCO)[C@]12C. The Morgan fingerprint density at radius 3 is 2.15 bits per heavy atom. The van der Waals surface area contributed by atoms with Gasteiger partial charge >= 0.3 is 0 Å². The second kappa shape index (κ2) is 11.0. The average molecular weight is 483 g/mol. The summed E-state index contributed by atoms with van der Waals surface area (Å²) in [6.07, 6.45) is 8.31. The van der Waals surface area contributed by atoms with Crippen LogP contribution in [0.15, 0.2) is 0 Å². The number of ether oxygens (including phenoxy) is 3. The summed E-state index contributed by atoms with van der Waals surface area (Å²) < 4.78 is 19.0. The maximum absolute atomic E-state index is 9.61. The summed E-state index contributed by atoms with van der Waals surface area (Å²) in [5, 5.41) is 28.4. The lowest BCUT2D eigenvalue weighted by Gasteiger charge is -2.64. The highest BCUT2D eigenvalue weighted by molar-refractivity contribution is 5.15. The molecule has 6 heteroatoms. The molecule has 3 unspecified atom stereocenters. The van der Waals surface area contributed by atoms with Gasteiger partial charge in [0.2, 0.25) is 0 Å². The van der Waals surface area contributed by atoms with E-state index in [2.05, 4.69) is 27.7 Å². The third-order valence-electron chi connectivity index (χ3n) is 10.8. The molecule has 0 aromatic carbocycles. The van der Waals surface area contributed by atoms with Crippen LogP contribution in [0.1, 0.15) is 72.6 Å². The van der Waals surface area contributed by atoms with Gasteiger partial charge in [-0.15, -0.1) is 0 Å². The normalized spacial score (nSPS) is 46.2. The molecule has 0 amide bonds. The molecule has 0 aromatic heterocycles. The fourth-order valence-corrected chi connectivity index (χ4v) is 9.41. The molecule has 4 saturated carbocycles. The smallest absolute Gasteiger partial charge is 0.0701 e. The zero-order valence-electron chi connectivity index (χ0n) is 22.0. The Balaban J connectivity index is 1.67. The molecule has 0 saturated heterocycles. The fourth-order valence-electron chi connectivity index (χ4n) is 9.41. The summed E-state index contributed by atoms with van der Waals surface area (Å²) in [7, 11) is 0. The molecule has 0 bridgehead atoms. The van der Waals surface area contributed by atoms with Crippen molar-refractivity contribution in [2.45, 2.75) is 91.0 Å². The van der Waals surface area contributed by atoms with Gasteiger partial charge in [0.25, 0.3) is 0 Å². The van der Waals surface area contributed by atoms with Gasteiger partial charge in [-0.05, 0) is 85.9 Å². The Hall–Kier alpha value is -0.240. The maximum Gasteiger partial charge on any atom is 0.0701 e. The molecule has 0 aromatic rings. The van der Waals surface area contributed by atoms with E-state index in [1.165, 1.54) is 12.8 Å². The van der Waals surface area contributed by atoms with Crippen LogP contribution in [0.4, 0.5) is 0 Å². The fraction of sp³-hybridized carbons (Fsp3) is 1.00. The molecular weight excluding hydrogens is 432 g/mol. The van der Waals surface area contributed by atoms with Gasteiger partial charge in [0, 0.05) is 5.41 Å². The monoisotopic (exact) mass is 482 g/mol. The molecule has 3 N–H and O–H groups in total. The minimum Gasteiger partial charge on any atom is -0.394 e. The van der Waals surface area contributed by atoms with Gasteiger partial charge in [-0.2, -0.15) is 0 Å². The molecule has 198 valence electrons. The van der Waals surface area contributed by atoms with Crippen molar-refractivity contribution in [1.82, 2.24) is 0 Å². The van der Waals surface area contributed by atoms with E-state index in [4.69, 9.17) is 14.2 Å². The van der Waals surface area contributed by atoms with E-state index in [-0.39, 0.29) is 49.0 Å². The first kappa shape index (κ1) is 26.8. The van der Waals surface area contributed by atoms with Crippen molar-refractivity contribution >= 4 is 0 Å². The zero-order chi connectivity index (χ0) is 24.5. The predicted octanol–water partition coefficient (Wildman–Crippen LogP) is 3.65. The van der Waals surface area contributed by atoms with Crippen molar-refractivity contribution < 1.29 is 29.5 Å². The van der Waals surface area contributed by atoms with Crippen molar-refractivity contribution in [3.8, 4) is 0 Å². The van der Waals surface area contributed by atoms with Crippen LogP contribution in [0.2, 0.25) is 0 Å². The van der Waals surface area contributed by atoms with Gasteiger partial charge in [-0.1, -0.05) is 27.7 Å². The summed E-state index contributed by atoms with van der Waals surface area (Å²) in [6.45, 7) is 11.2. The lowest BCUT2D eigenvalue weighted by atomic mass is 9.43. The van der Waals surface area contributed by atoms with Crippen molar-refractivity contribution in [2.24, 2.45) is 46.3 Å². The molecule has 10 atom stereocenters. The van der Waals surface area contributed by atoms with Crippen LogP contribution in [0.3, 0.4) is 0 Å². The summed E-state index contributed by atoms with van der Waals surface area (Å²) in [5.41, 5.74) is 0.316. The molecular formula is C28H50O6. The number of rotatable bonds is 10. The van der Waals surface area contributed by atoms with E-state index >= 15 is 0 Å². The minimum absolute atomic E-state index is 0.0663. The van der Waals surface area contributed by atoms with Crippen molar-refractivity contribution in [2.75, 3.05) is 39.6 Å². The Kier molecular flexibility index (Phi) is 8.69. The van der Waals surface area contributed by atoms with Crippen LogP contribution in [0, 0.1) is 46.3 Å². The Labute approximate surface area is 206 Å². The molecule has 6 nitrogen and oxygen atoms in total. The quantitative estimate of drug-likeness (QED) is 0.441. The molecule has 0 spiro atoms. The Bertz CT molecular complexity index is 657. The summed E-state index contributed by atoms with van der Waals surface area (Å²) in [5.74, 6) is 3.29. The third kappa shape index (κ3) is 4.61. The molecule has 0 radical (unpaired) electrons. The van der Waals surface area contributed by atoms with Crippen LogP contribution in [0.25, 0.3) is 0 Å². The van der Waals surface area contributed by atoms with Gasteiger partial charge < -0.3 is 29.5 Å². The molecule has 4 aliphatic carbocycles. The van der Waals surface area contributed by atoms with E-state index in [9.17, 15) is 15.3 Å². The summed E-state index contributed by atoms with van der Waals surface area (Å²) in [4.78, 5) is 0. The standard InChI is InChI=1S/C28H50O6/c1-18(2)21-5-6-22-26-23(17-25(28(21,22)4)34-14-11-31)27(3)8-7-20(32-12-9-29)15-19(27)16-24(26)33-13-10-30/h18-26,29-31H,5-17H2,1-4H3/t19?,20?,21-,22+,23+,24-,25+,26?,27+,28-/m1/s1. The largest absolute Gasteiger partial charge is 0.394 e. The first-order valence-electron chi connectivity index (χ1n) is 14.0. The van der Waals surface area contributed by atoms with E-state index in [1.54, 1.807) is 0 Å². The zero-order valence-corrected chi connectivity index (χ0v) is 22.0. The van der Waals surface area contributed by atoms with Crippen LogP contribution >= 0.6 is 0 Å². The van der Waals surface area contributed by atoms with Crippen LogP contribution in [0.5, 0.6) is 0 Å². The van der Waals surface area contributed by atoms with Gasteiger partial charge in [-0.3, -0.25) is 0 Å². The molecule has 0 aliphatic heterocycles. The predicted molar refractivity (Wildman–Crippen MR) is 131 cm³/mol. The minimum atomic E-state index is 0.0663. The highest BCUT2D eigenvalue weighted by Crippen LogP contribution is 2.69. The number of hydrogen-bond donors (Lipinski definition) is 3. The van der Waals surface area contributed by atoms with Crippen LogP contribution < -0.4 is 0 Å². The first-order chi connectivity index (χ1) is 16.3. The van der Waals surface area contributed by atoms with E-state index < -0.39 is 0 Å². The number of fused-ring (bicyclic) bond motifs is 5. The Morgan fingerprint density at radius 1 is 0.794 bits per heavy atom. The Morgan fingerprint density at radius 2 is 1.47 bits per heavy atom. The maximum atomic E-state index is 9.61. The molecule has 34 heavy (non-hydrogen) atoms. The van der Waals surface area contributed by atoms with Crippen LogP contribution in [-0.2, 0) is 14.2 Å². The van der Waals surface area contributed by atoms with Crippen molar-refractivity contribution in [3.63, 3.8) is 0 Å². The second-order valence-electron chi connectivity index (χ2n) is 12.5. The number of hydrogen-bond acceptors (Lipinski definition) is 6.